The first-order chi connectivity index (χ1) is 18.2. The monoisotopic (exact) mass is 476 g/mol. The molecule has 0 radical (unpaired) electrons. The lowest BCUT2D eigenvalue weighted by molar-refractivity contribution is 0.653. The lowest BCUT2D eigenvalue weighted by Gasteiger charge is -2.12. The zero-order valence-corrected chi connectivity index (χ0v) is 20.7. The van der Waals surface area contributed by atoms with Crippen molar-refractivity contribution in [2.24, 2.45) is 0 Å². The molecule has 3 nitrogen and oxygen atoms in total. The minimum absolute atomic E-state index is 0.666. The number of pyridine rings is 2. The van der Waals surface area contributed by atoms with E-state index in [0.29, 0.717) is 5.71 Å². The second kappa shape index (κ2) is 8.42. The number of benzene rings is 4. The highest BCUT2D eigenvalue weighted by Gasteiger charge is 2.15. The van der Waals surface area contributed by atoms with Gasteiger partial charge in [-0.3, -0.25) is 4.98 Å². The normalized spacial score (nSPS) is 11.5. The summed E-state index contributed by atoms with van der Waals surface area (Å²) in [5.74, 6) is 0. The average Bonchev–Trinajstić information content (AvgIpc) is 3.31. The molecule has 0 amide bonds. The van der Waals surface area contributed by atoms with Crippen LogP contribution in [0.15, 0.2) is 114 Å². The summed E-state index contributed by atoms with van der Waals surface area (Å²) < 4.78 is 6.24. The highest BCUT2D eigenvalue weighted by Crippen LogP contribution is 2.37. The standard InChI is InChI=1S/C34H24N2O/c1-21-11-14-30-29-9-6-10-31(33(29)37-34(30)36-21)32-20-26(17-18-35-32)28-16-13-25-19-24(12-15-27(25)22(28)2)23-7-4-3-5-8-23/h3-20H,1-2H3. The van der Waals surface area contributed by atoms with Crippen molar-refractivity contribution in [3.05, 3.63) is 121 Å². The summed E-state index contributed by atoms with van der Waals surface area (Å²) in [4.78, 5) is 9.32. The maximum absolute atomic E-state index is 6.24. The maximum atomic E-state index is 6.24. The van der Waals surface area contributed by atoms with Gasteiger partial charge in [0, 0.05) is 28.2 Å². The van der Waals surface area contributed by atoms with Gasteiger partial charge in [0.2, 0.25) is 5.71 Å². The van der Waals surface area contributed by atoms with E-state index < -0.39 is 0 Å². The quantitative estimate of drug-likeness (QED) is 0.255. The van der Waals surface area contributed by atoms with Crippen LogP contribution in [0, 0.1) is 13.8 Å². The SMILES string of the molecule is Cc1ccc2c(n1)oc1c(-c3cc(-c4ccc5cc(-c6ccccc6)ccc5c4C)ccn3)cccc12. The second-order valence-corrected chi connectivity index (χ2v) is 9.56. The molecule has 0 saturated carbocycles. The molecule has 7 aromatic rings. The Morgan fingerprint density at radius 3 is 2.35 bits per heavy atom. The van der Waals surface area contributed by atoms with Crippen LogP contribution in [0.5, 0.6) is 0 Å². The third-order valence-electron chi connectivity index (χ3n) is 7.25. The van der Waals surface area contributed by atoms with E-state index in [4.69, 9.17) is 9.40 Å². The lowest BCUT2D eigenvalue weighted by atomic mass is 9.93. The van der Waals surface area contributed by atoms with Crippen LogP contribution in [0.4, 0.5) is 0 Å². The van der Waals surface area contributed by atoms with E-state index in [1.165, 1.54) is 33.0 Å². The van der Waals surface area contributed by atoms with E-state index in [1.54, 1.807) is 0 Å². The molecule has 0 N–H and O–H groups in total. The number of hydrogen-bond donors (Lipinski definition) is 0. The fourth-order valence-corrected chi connectivity index (χ4v) is 5.33. The Hall–Kier alpha value is -4.76. The van der Waals surface area contributed by atoms with Crippen molar-refractivity contribution in [1.29, 1.82) is 0 Å². The molecule has 0 bridgehead atoms. The number of nitrogens with zero attached hydrogens (tertiary/aromatic N) is 2. The van der Waals surface area contributed by atoms with Crippen LogP contribution in [0.2, 0.25) is 0 Å². The molecular weight excluding hydrogens is 452 g/mol. The summed E-state index contributed by atoms with van der Waals surface area (Å²) in [7, 11) is 0. The molecule has 0 atom stereocenters. The van der Waals surface area contributed by atoms with Crippen molar-refractivity contribution in [2.75, 3.05) is 0 Å². The molecule has 0 fully saturated rings. The topological polar surface area (TPSA) is 38.9 Å². The number of aryl methyl sites for hydroxylation is 2. The molecule has 37 heavy (non-hydrogen) atoms. The molecule has 0 spiro atoms. The Morgan fingerprint density at radius 1 is 0.595 bits per heavy atom. The summed E-state index contributed by atoms with van der Waals surface area (Å²) in [5.41, 5.74) is 10.4. The molecule has 0 saturated heterocycles. The van der Waals surface area contributed by atoms with Gasteiger partial charge in [-0.15, -0.1) is 0 Å². The Morgan fingerprint density at radius 2 is 1.46 bits per heavy atom. The van der Waals surface area contributed by atoms with Crippen LogP contribution in [-0.4, -0.2) is 9.97 Å². The molecule has 0 aliphatic heterocycles. The number of rotatable bonds is 3. The molecule has 3 heteroatoms. The largest absolute Gasteiger partial charge is 0.437 e. The van der Waals surface area contributed by atoms with Crippen molar-refractivity contribution in [1.82, 2.24) is 9.97 Å². The van der Waals surface area contributed by atoms with Gasteiger partial charge in [0.25, 0.3) is 0 Å². The van der Waals surface area contributed by atoms with Gasteiger partial charge in [-0.05, 0) is 88.8 Å². The Balaban J connectivity index is 1.34. The van der Waals surface area contributed by atoms with Crippen LogP contribution < -0.4 is 0 Å². The number of fused-ring (bicyclic) bond motifs is 4. The fraction of sp³-hybridized carbons (Fsp3) is 0.0588. The third-order valence-corrected chi connectivity index (χ3v) is 7.25. The van der Waals surface area contributed by atoms with Crippen molar-refractivity contribution in [3.63, 3.8) is 0 Å². The third kappa shape index (κ3) is 3.59. The fourth-order valence-electron chi connectivity index (χ4n) is 5.33. The molecule has 0 aliphatic rings. The summed E-state index contributed by atoms with van der Waals surface area (Å²) in [6.07, 6.45) is 1.89. The van der Waals surface area contributed by atoms with Crippen molar-refractivity contribution >= 4 is 32.8 Å². The Kier molecular flexibility index (Phi) is 4.90. The van der Waals surface area contributed by atoms with E-state index in [9.17, 15) is 0 Å². The molecule has 3 heterocycles. The van der Waals surface area contributed by atoms with Crippen molar-refractivity contribution < 1.29 is 4.42 Å². The van der Waals surface area contributed by atoms with E-state index >= 15 is 0 Å². The van der Waals surface area contributed by atoms with E-state index in [0.717, 1.165) is 38.9 Å². The first kappa shape index (κ1) is 21.5. The number of hydrogen-bond acceptors (Lipinski definition) is 3. The molecule has 0 aliphatic carbocycles. The van der Waals surface area contributed by atoms with E-state index in [1.807, 2.05) is 19.2 Å². The van der Waals surface area contributed by atoms with Gasteiger partial charge in [-0.1, -0.05) is 66.7 Å². The smallest absolute Gasteiger partial charge is 0.227 e. The van der Waals surface area contributed by atoms with Crippen LogP contribution >= 0.6 is 0 Å². The number of aromatic nitrogens is 2. The van der Waals surface area contributed by atoms with Gasteiger partial charge in [-0.25, -0.2) is 4.98 Å². The predicted octanol–water partition coefficient (Wildman–Crippen LogP) is 9.15. The van der Waals surface area contributed by atoms with Crippen LogP contribution in [-0.2, 0) is 0 Å². The first-order valence-corrected chi connectivity index (χ1v) is 12.5. The highest BCUT2D eigenvalue weighted by molar-refractivity contribution is 6.08. The predicted molar refractivity (Wildman–Crippen MR) is 153 cm³/mol. The molecular formula is C34H24N2O. The highest BCUT2D eigenvalue weighted by atomic mass is 16.3. The minimum atomic E-state index is 0.666. The molecule has 7 rings (SSSR count). The first-order valence-electron chi connectivity index (χ1n) is 12.5. The minimum Gasteiger partial charge on any atom is -0.437 e. The average molecular weight is 477 g/mol. The van der Waals surface area contributed by atoms with Gasteiger partial charge in [-0.2, -0.15) is 0 Å². The van der Waals surface area contributed by atoms with E-state index in [-0.39, 0.29) is 0 Å². The van der Waals surface area contributed by atoms with Crippen LogP contribution in [0.3, 0.4) is 0 Å². The second-order valence-electron chi connectivity index (χ2n) is 9.56. The zero-order valence-electron chi connectivity index (χ0n) is 20.7. The number of para-hydroxylation sites is 1. The maximum Gasteiger partial charge on any atom is 0.227 e. The number of furan rings is 1. The van der Waals surface area contributed by atoms with Gasteiger partial charge < -0.3 is 4.42 Å². The lowest BCUT2D eigenvalue weighted by Crippen LogP contribution is -1.90. The van der Waals surface area contributed by atoms with Gasteiger partial charge >= 0.3 is 0 Å². The van der Waals surface area contributed by atoms with Gasteiger partial charge in [0.1, 0.15) is 5.58 Å². The van der Waals surface area contributed by atoms with Gasteiger partial charge in [0.15, 0.2) is 0 Å². The summed E-state index contributed by atoms with van der Waals surface area (Å²) >= 11 is 0. The molecule has 4 aromatic carbocycles. The Bertz CT molecular complexity index is 1950. The van der Waals surface area contributed by atoms with Crippen molar-refractivity contribution in [2.45, 2.75) is 13.8 Å². The molecule has 0 unspecified atom stereocenters. The summed E-state index contributed by atoms with van der Waals surface area (Å²) in [6.45, 7) is 4.18. The van der Waals surface area contributed by atoms with Crippen molar-refractivity contribution in [3.8, 4) is 33.5 Å². The molecule has 176 valence electrons. The Labute approximate surface area is 215 Å². The van der Waals surface area contributed by atoms with Gasteiger partial charge in [0.05, 0.1) is 5.69 Å². The van der Waals surface area contributed by atoms with Crippen LogP contribution in [0.25, 0.3) is 66.4 Å². The summed E-state index contributed by atoms with van der Waals surface area (Å²) in [5, 5.41) is 4.59. The zero-order chi connectivity index (χ0) is 24.9. The van der Waals surface area contributed by atoms with Crippen LogP contribution in [0.1, 0.15) is 11.3 Å². The summed E-state index contributed by atoms with van der Waals surface area (Å²) in [6, 6.07) is 36.3. The van der Waals surface area contributed by atoms with E-state index in [2.05, 4.69) is 109 Å². The molecule has 3 aromatic heterocycles.